The molecule has 0 radical (unpaired) electrons. The molecule has 0 aliphatic rings. The van der Waals surface area contributed by atoms with Crippen molar-refractivity contribution in [2.45, 2.75) is 41.5 Å². The van der Waals surface area contributed by atoms with Crippen LogP contribution in [0.25, 0.3) is 11.1 Å². The molecule has 0 N–H and O–H groups in total. The van der Waals surface area contributed by atoms with Gasteiger partial charge in [0.1, 0.15) is 5.75 Å². The van der Waals surface area contributed by atoms with Gasteiger partial charge in [0.05, 0.1) is 7.11 Å². The van der Waals surface area contributed by atoms with Crippen molar-refractivity contribution in [3.8, 4) is 16.9 Å². The molecule has 0 bridgehead atoms. The van der Waals surface area contributed by atoms with Gasteiger partial charge in [-0.3, -0.25) is 0 Å². The monoisotopic (exact) mass is 272 g/mol. The van der Waals surface area contributed by atoms with Crippen LogP contribution in [0.3, 0.4) is 0 Å². The third-order valence-corrected chi connectivity index (χ3v) is 2.93. The molecule has 0 saturated carbocycles. The molecule has 2 aromatic rings. The average molecular weight is 272 g/mol. The molecular formula is C19H28O. The van der Waals surface area contributed by atoms with E-state index in [0.717, 1.165) is 5.75 Å². The lowest BCUT2D eigenvalue weighted by Gasteiger charge is -2.06. The summed E-state index contributed by atoms with van der Waals surface area (Å²) < 4.78 is 5.15. The summed E-state index contributed by atoms with van der Waals surface area (Å²) in [5.74, 6) is 0.896. The van der Waals surface area contributed by atoms with Gasteiger partial charge in [-0.15, -0.1) is 0 Å². The van der Waals surface area contributed by atoms with Crippen LogP contribution in [-0.4, -0.2) is 7.11 Å². The second kappa shape index (κ2) is 10.1. The fraction of sp³-hybridized carbons (Fsp3) is 0.368. The Kier molecular flexibility index (Phi) is 9.19. The molecule has 20 heavy (non-hydrogen) atoms. The maximum atomic E-state index is 5.15. The van der Waals surface area contributed by atoms with Gasteiger partial charge in [0, 0.05) is 0 Å². The quantitative estimate of drug-likeness (QED) is 0.648. The average Bonchev–Trinajstić information content (AvgIpc) is 2.54. The normalized spacial score (nSPS) is 8.75. The number of aryl methyl sites for hydroxylation is 2. The van der Waals surface area contributed by atoms with Crippen molar-refractivity contribution in [3.05, 3.63) is 53.6 Å². The maximum absolute atomic E-state index is 5.15. The fourth-order valence-electron chi connectivity index (χ4n) is 1.70. The van der Waals surface area contributed by atoms with Crippen LogP contribution < -0.4 is 4.74 Å². The molecule has 0 aromatic heterocycles. The predicted molar refractivity (Wildman–Crippen MR) is 90.6 cm³/mol. The molecule has 1 nitrogen and oxygen atoms in total. The highest BCUT2D eigenvalue weighted by molar-refractivity contribution is 5.65. The van der Waals surface area contributed by atoms with E-state index in [2.05, 4.69) is 44.2 Å². The SMILES string of the molecule is CC.CC.COc1ccc(-c2ccc(C)c(C)c2)cc1. The van der Waals surface area contributed by atoms with Gasteiger partial charge in [-0.1, -0.05) is 58.0 Å². The van der Waals surface area contributed by atoms with E-state index in [-0.39, 0.29) is 0 Å². The van der Waals surface area contributed by atoms with Crippen molar-refractivity contribution < 1.29 is 4.74 Å². The van der Waals surface area contributed by atoms with Crippen molar-refractivity contribution in [1.82, 2.24) is 0 Å². The Labute approximate surface area is 124 Å². The Morgan fingerprint density at radius 3 is 1.60 bits per heavy atom. The van der Waals surface area contributed by atoms with Crippen LogP contribution in [0.4, 0.5) is 0 Å². The summed E-state index contributed by atoms with van der Waals surface area (Å²) in [6.45, 7) is 12.3. The highest BCUT2D eigenvalue weighted by atomic mass is 16.5. The highest BCUT2D eigenvalue weighted by Crippen LogP contribution is 2.24. The first kappa shape index (κ1) is 18.2. The smallest absolute Gasteiger partial charge is 0.118 e. The number of hydrogen-bond acceptors (Lipinski definition) is 1. The zero-order valence-electron chi connectivity index (χ0n) is 13.9. The van der Waals surface area contributed by atoms with Crippen molar-refractivity contribution in [2.75, 3.05) is 7.11 Å². The predicted octanol–water partition coefficient (Wildman–Crippen LogP) is 6.03. The summed E-state index contributed by atoms with van der Waals surface area (Å²) in [7, 11) is 1.69. The standard InChI is InChI=1S/C15H16O.2C2H6/c1-11-4-5-14(10-12(11)2)13-6-8-15(16-3)9-7-13;2*1-2/h4-10H,1-3H3;2*1-2H3. The van der Waals surface area contributed by atoms with Crippen LogP contribution in [0.5, 0.6) is 5.75 Å². The minimum absolute atomic E-state index is 0.896. The van der Waals surface area contributed by atoms with E-state index in [1.807, 2.05) is 39.8 Å². The first-order valence-corrected chi connectivity index (χ1v) is 7.42. The summed E-state index contributed by atoms with van der Waals surface area (Å²) in [4.78, 5) is 0. The van der Waals surface area contributed by atoms with Crippen LogP contribution in [0.15, 0.2) is 42.5 Å². The lowest BCUT2D eigenvalue weighted by atomic mass is 10.0. The Morgan fingerprint density at radius 1 is 0.650 bits per heavy atom. The summed E-state index contributed by atoms with van der Waals surface area (Å²) >= 11 is 0. The van der Waals surface area contributed by atoms with E-state index in [0.29, 0.717) is 0 Å². The Balaban J connectivity index is 0.000000829. The number of ether oxygens (including phenoxy) is 1. The highest BCUT2D eigenvalue weighted by Gasteiger charge is 2.00. The van der Waals surface area contributed by atoms with Crippen LogP contribution >= 0.6 is 0 Å². The van der Waals surface area contributed by atoms with Gasteiger partial charge in [-0.25, -0.2) is 0 Å². The Morgan fingerprint density at radius 2 is 1.15 bits per heavy atom. The first-order chi connectivity index (χ1) is 9.70. The van der Waals surface area contributed by atoms with Gasteiger partial charge in [-0.05, 0) is 48.2 Å². The summed E-state index contributed by atoms with van der Waals surface area (Å²) in [6, 6.07) is 14.7. The van der Waals surface area contributed by atoms with Crippen LogP contribution in [-0.2, 0) is 0 Å². The molecule has 0 atom stereocenters. The second-order valence-corrected chi connectivity index (χ2v) is 4.03. The van der Waals surface area contributed by atoms with Gasteiger partial charge >= 0.3 is 0 Å². The lowest BCUT2D eigenvalue weighted by Crippen LogP contribution is -1.85. The van der Waals surface area contributed by atoms with E-state index in [1.165, 1.54) is 22.3 Å². The lowest BCUT2D eigenvalue weighted by molar-refractivity contribution is 0.415. The van der Waals surface area contributed by atoms with Crippen LogP contribution in [0, 0.1) is 13.8 Å². The third-order valence-electron chi connectivity index (χ3n) is 2.93. The molecule has 0 aliphatic carbocycles. The van der Waals surface area contributed by atoms with Crippen molar-refractivity contribution in [2.24, 2.45) is 0 Å². The number of benzene rings is 2. The Bertz CT molecular complexity index is 484. The van der Waals surface area contributed by atoms with Gasteiger partial charge in [0.15, 0.2) is 0 Å². The molecule has 0 aliphatic heterocycles. The number of rotatable bonds is 2. The molecule has 0 spiro atoms. The molecular weight excluding hydrogens is 244 g/mol. The third kappa shape index (κ3) is 5.08. The van der Waals surface area contributed by atoms with E-state index >= 15 is 0 Å². The summed E-state index contributed by atoms with van der Waals surface area (Å²) in [5, 5.41) is 0. The number of hydrogen-bond donors (Lipinski definition) is 0. The maximum Gasteiger partial charge on any atom is 0.118 e. The van der Waals surface area contributed by atoms with Crippen molar-refractivity contribution >= 4 is 0 Å². The minimum Gasteiger partial charge on any atom is -0.497 e. The van der Waals surface area contributed by atoms with E-state index in [4.69, 9.17) is 4.74 Å². The van der Waals surface area contributed by atoms with Gasteiger partial charge in [0.2, 0.25) is 0 Å². The van der Waals surface area contributed by atoms with Crippen molar-refractivity contribution in [3.63, 3.8) is 0 Å². The van der Waals surface area contributed by atoms with E-state index in [9.17, 15) is 0 Å². The molecule has 0 unspecified atom stereocenters. The fourth-order valence-corrected chi connectivity index (χ4v) is 1.70. The minimum atomic E-state index is 0.896. The second-order valence-electron chi connectivity index (χ2n) is 4.03. The van der Waals surface area contributed by atoms with Gasteiger partial charge < -0.3 is 4.74 Å². The summed E-state index contributed by atoms with van der Waals surface area (Å²) in [6.07, 6.45) is 0. The zero-order chi connectivity index (χ0) is 15.5. The molecule has 0 saturated heterocycles. The molecule has 1 heteroatoms. The molecule has 0 fully saturated rings. The van der Waals surface area contributed by atoms with Crippen molar-refractivity contribution in [1.29, 1.82) is 0 Å². The van der Waals surface area contributed by atoms with Crippen LogP contribution in [0.1, 0.15) is 38.8 Å². The first-order valence-electron chi connectivity index (χ1n) is 7.42. The van der Waals surface area contributed by atoms with E-state index in [1.54, 1.807) is 7.11 Å². The molecule has 110 valence electrons. The molecule has 2 aromatic carbocycles. The summed E-state index contributed by atoms with van der Waals surface area (Å²) in [5.41, 5.74) is 5.14. The van der Waals surface area contributed by atoms with E-state index < -0.39 is 0 Å². The Hall–Kier alpha value is -1.76. The zero-order valence-corrected chi connectivity index (χ0v) is 13.9. The number of methoxy groups -OCH3 is 1. The topological polar surface area (TPSA) is 9.23 Å². The molecule has 2 rings (SSSR count). The van der Waals surface area contributed by atoms with Crippen LogP contribution in [0.2, 0.25) is 0 Å². The van der Waals surface area contributed by atoms with Gasteiger partial charge in [0.25, 0.3) is 0 Å². The van der Waals surface area contributed by atoms with Gasteiger partial charge in [-0.2, -0.15) is 0 Å². The molecule has 0 heterocycles. The molecule has 0 amide bonds. The largest absolute Gasteiger partial charge is 0.497 e.